The van der Waals surface area contributed by atoms with Crippen LogP contribution in [0.15, 0.2) is 0 Å². The highest BCUT2D eigenvalue weighted by molar-refractivity contribution is 5.88. The van der Waals surface area contributed by atoms with E-state index in [2.05, 4.69) is 10.6 Å². The van der Waals surface area contributed by atoms with Crippen LogP contribution in [0.3, 0.4) is 0 Å². The van der Waals surface area contributed by atoms with E-state index in [1.165, 1.54) is 0 Å². The summed E-state index contributed by atoms with van der Waals surface area (Å²) in [7, 11) is 5.67. The molecular formula is C11H22N4O2. The molecule has 1 atom stereocenters. The summed E-state index contributed by atoms with van der Waals surface area (Å²) in [5, 5.41) is 5.87. The maximum absolute atomic E-state index is 11.7. The molecule has 1 rings (SSSR count). The third-order valence-corrected chi connectivity index (χ3v) is 2.78. The van der Waals surface area contributed by atoms with E-state index < -0.39 is 0 Å². The Balaban J connectivity index is 2.28. The van der Waals surface area contributed by atoms with Crippen LogP contribution in [0.1, 0.15) is 6.42 Å². The molecule has 0 saturated carbocycles. The Labute approximate surface area is 102 Å². The van der Waals surface area contributed by atoms with Crippen molar-refractivity contribution in [3.8, 4) is 0 Å². The number of carbonyl (C=O) groups is 2. The van der Waals surface area contributed by atoms with Crippen LogP contribution < -0.4 is 10.6 Å². The van der Waals surface area contributed by atoms with E-state index in [4.69, 9.17) is 0 Å². The summed E-state index contributed by atoms with van der Waals surface area (Å²) in [5.41, 5.74) is 0. The Hall–Kier alpha value is -1.14. The second-order valence-corrected chi connectivity index (χ2v) is 4.62. The van der Waals surface area contributed by atoms with Crippen molar-refractivity contribution in [2.45, 2.75) is 12.5 Å². The molecule has 0 spiro atoms. The Morgan fingerprint density at radius 2 is 2.29 bits per heavy atom. The quantitative estimate of drug-likeness (QED) is 0.615. The Kier molecular flexibility index (Phi) is 5.37. The third-order valence-electron chi connectivity index (χ3n) is 2.78. The zero-order valence-corrected chi connectivity index (χ0v) is 10.8. The first-order chi connectivity index (χ1) is 8.00. The lowest BCUT2D eigenvalue weighted by molar-refractivity contribution is -0.136. The zero-order chi connectivity index (χ0) is 12.8. The van der Waals surface area contributed by atoms with Crippen LogP contribution in [0, 0.1) is 0 Å². The van der Waals surface area contributed by atoms with Crippen molar-refractivity contribution >= 4 is 11.8 Å². The molecule has 0 bridgehead atoms. The van der Waals surface area contributed by atoms with Gasteiger partial charge in [-0.2, -0.15) is 0 Å². The van der Waals surface area contributed by atoms with Gasteiger partial charge in [-0.05, 0) is 14.1 Å². The summed E-state index contributed by atoms with van der Waals surface area (Å²) in [4.78, 5) is 27.0. The molecule has 2 amide bonds. The molecule has 0 aromatic heterocycles. The van der Waals surface area contributed by atoms with Gasteiger partial charge in [0.2, 0.25) is 11.8 Å². The molecule has 6 heteroatoms. The molecule has 0 aromatic rings. The van der Waals surface area contributed by atoms with Gasteiger partial charge in [-0.25, -0.2) is 0 Å². The maximum Gasteiger partial charge on any atom is 0.240 e. The summed E-state index contributed by atoms with van der Waals surface area (Å²) in [5.74, 6) is -0.0768. The lowest BCUT2D eigenvalue weighted by atomic mass is 10.1. The fourth-order valence-electron chi connectivity index (χ4n) is 1.71. The summed E-state index contributed by atoms with van der Waals surface area (Å²) in [6.07, 6.45) is 0.219. The fraction of sp³-hybridized carbons (Fsp3) is 0.818. The van der Waals surface area contributed by atoms with E-state index in [1.807, 2.05) is 19.0 Å². The van der Waals surface area contributed by atoms with Crippen LogP contribution in [0.4, 0.5) is 0 Å². The molecule has 1 unspecified atom stereocenters. The molecule has 0 radical (unpaired) electrons. The molecule has 98 valence electrons. The second-order valence-electron chi connectivity index (χ2n) is 4.62. The molecule has 0 aliphatic carbocycles. The van der Waals surface area contributed by atoms with Crippen molar-refractivity contribution < 1.29 is 9.59 Å². The van der Waals surface area contributed by atoms with Gasteiger partial charge in [-0.15, -0.1) is 0 Å². The highest BCUT2D eigenvalue weighted by Crippen LogP contribution is 2.02. The highest BCUT2D eigenvalue weighted by atomic mass is 16.2. The summed E-state index contributed by atoms with van der Waals surface area (Å²) in [6, 6.07) is -0.367. The molecule has 1 saturated heterocycles. The van der Waals surface area contributed by atoms with E-state index in [0.29, 0.717) is 13.1 Å². The number of nitrogens with one attached hydrogen (secondary N) is 2. The maximum atomic E-state index is 11.7. The molecule has 6 nitrogen and oxygen atoms in total. The van der Waals surface area contributed by atoms with Gasteiger partial charge in [-0.3, -0.25) is 9.59 Å². The van der Waals surface area contributed by atoms with Crippen molar-refractivity contribution in [1.29, 1.82) is 0 Å². The molecule has 1 heterocycles. The molecule has 1 fully saturated rings. The average Bonchev–Trinajstić information content (AvgIpc) is 2.24. The Morgan fingerprint density at radius 3 is 2.94 bits per heavy atom. The van der Waals surface area contributed by atoms with Gasteiger partial charge in [0.1, 0.15) is 0 Å². The normalized spacial score (nSPS) is 20.8. The smallest absolute Gasteiger partial charge is 0.240 e. The SMILES string of the molecule is CN(C)CCNC(=O)CC1NCCN(C)C1=O. The molecular weight excluding hydrogens is 220 g/mol. The molecule has 1 aliphatic heterocycles. The van der Waals surface area contributed by atoms with Crippen LogP contribution in [0.5, 0.6) is 0 Å². The average molecular weight is 242 g/mol. The van der Waals surface area contributed by atoms with Gasteiger partial charge in [-0.1, -0.05) is 0 Å². The number of amides is 2. The summed E-state index contributed by atoms with van der Waals surface area (Å²) in [6.45, 7) is 2.87. The Morgan fingerprint density at radius 1 is 1.59 bits per heavy atom. The number of rotatable bonds is 5. The minimum absolute atomic E-state index is 0.000917. The van der Waals surface area contributed by atoms with Crippen molar-refractivity contribution in [3.05, 3.63) is 0 Å². The van der Waals surface area contributed by atoms with Crippen molar-refractivity contribution in [2.24, 2.45) is 0 Å². The topological polar surface area (TPSA) is 64.7 Å². The van der Waals surface area contributed by atoms with Crippen LogP contribution in [0.2, 0.25) is 0 Å². The lowest BCUT2D eigenvalue weighted by Gasteiger charge is -2.29. The van der Waals surface area contributed by atoms with Crippen LogP contribution >= 0.6 is 0 Å². The molecule has 17 heavy (non-hydrogen) atoms. The van der Waals surface area contributed by atoms with E-state index in [-0.39, 0.29) is 24.3 Å². The van der Waals surface area contributed by atoms with Crippen molar-refractivity contribution in [1.82, 2.24) is 20.4 Å². The first-order valence-electron chi connectivity index (χ1n) is 5.90. The van der Waals surface area contributed by atoms with Gasteiger partial charge >= 0.3 is 0 Å². The first kappa shape index (κ1) is 13.9. The number of likely N-dealkylation sites (N-methyl/N-ethyl adjacent to an activating group) is 2. The first-order valence-corrected chi connectivity index (χ1v) is 5.90. The van der Waals surface area contributed by atoms with E-state index >= 15 is 0 Å². The largest absolute Gasteiger partial charge is 0.355 e. The summed E-state index contributed by atoms with van der Waals surface area (Å²) < 4.78 is 0. The Bertz CT molecular complexity index is 281. The number of nitrogens with zero attached hydrogens (tertiary/aromatic N) is 2. The fourth-order valence-corrected chi connectivity index (χ4v) is 1.71. The third kappa shape index (κ3) is 4.70. The van der Waals surface area contributed by atoms with Crippen molar-refractivity contribution in [3.63, 3.8) is 0 Å². The number of hydrogen-bond donors (Lipinski definition) is 2. The monoisotopic (exact) mass is 242 g/mol. The number of hydrogen-bond acceptors (Lipinski definition) is 4. The predicted molar refractivity (Wildman–Crippen MR) is 65.6 cm³/mol. The standard InChI is InChI=1S/C11H22N4O2/c1-14(2)6-4-13-10(16)8-9-11(17)15(3)7-5-12-9/h9,12H,4-8H2,1-3H3,(H,13,16). The lowest BCUT2D eigenvalue weighted by Crippen LogP contribution is -2.54. The minimum atomic E-state index is -0.367. The van der Waals surface area contributed by atoms with E-state index in [9.17, 15) is 9.59 Å². The van der Waals surface area contributed by atoms with Crippen molar-refractivity contribution in [2.75, 3.05) is 47.3 Å². The van der Waals surface area contributed by atoms with E-state index in [1.54, 1.807) is 11.9 Å². The zero-order valence-electron chi connectivity index (χ0n) is 10.8. The van der Waals surface area contributed by atoms with Gasteiger partial charge in [0.15, 0.2) is 0 Å². The van der Waals surface area contributed by atoms with Gasteiger partial charge in [0.25, 0.3) is 0 Å². The molecule has 1 aliphatic rings. The number of piperazine rings is 1. The van der Waals surface area contributed by atoms with Gasteiger partial charge in [0, 0.05) is 33.2 Å². The minimum Gasteiger partial charge on any atom is -0.355 e. The molecule has 2 N–H and O–H groups in total. The highest BCUT2D eigenvalue weighted by Gasteiger charge is 2.27. The van der Waals surface area contributed by atoms with Crippen LogP contribution in [0.25, 0.3) is 0 Å². The van der Waals surface area contributed by atoms with Crippen LogP contribution in [-0.2, 0) is 9.59 Å². The predicted octanol–water partition coefficient (Wildman–Crippen LogP) is -1.52. The van der Waals surface area contributed by atoms with Gasteiger partial charge in [0.05, 0.1) is 12.5 Å². The molecule has 0 aromatic carbocycles. The van der Waals surface area contributed by atoms with E-state index in [0.717, 1.165) is 13.1 Å². The number of carbonyl (C=O) groups excluding carboxylic acids is 2. The van der Waals surface area contributed by atoms with Gasteiger partial charge < -0.3 is 20.4 Å². The second kappa shape index (κ2) is 6.56. The van der Waals surface area contributed by atoms with Crippen LogP contribution in [-0.4, -0.2) is 75.0 Å². The summed E-state index contributed by atoms with van der Waals surface area (Å²) >= 11 is 0.